The Kier molecular flexibility index (Phi) is 4.74. The highest BCUT2D eigenvalue weighted by Crippen LogP contribution is 2.18. The number of hydrogen-bond donors (Lipinski definition) is 1. The number of hydrogen-bond acceptors (Lipinski definition) is 4. The zero-order valence-electron chi connectivity index (χ0n) is 11.8. The Balaban J connectivity index is 1.86. The van der Waals surface area contributed by atoms with Crippen LogP contribution in [0.5, 0.6) is 5.75 Å². The number of nitrogens with zero attached hydrogens (tertiary/aromatic N) is 1. The van der Waals surface area contributed by atoms with Gasteiger partial charge in [0.1, 0.15) is 5.75 Å². The Morgan fingerprint density at radius 3 is 2.70 bits per heavy atom. The standard InChI is InChI=1S/C15H18N2O2S/c1-10-7-13(8-11(2)16-10)19-9-15(18)17-12(3)14-5-4-6-20-14/h4-8,12H,9H2,1-3H3,(H,17,18). The van der Waals surface area contributed by atoms with E-state index in [0.29, 0.717) is 5.75 Å². The summed E-state index contributed by atoms with van der Waals surface area (Å²) < 4.78 is 5.50. The quantitative estimate of drug-likeness (QED) is 0.921. The van der Waals surface area contributed by atoms with Crippen molar-refractivity contribution in [3.8, 4) is 5.75 Å². The fraction of sp³-hybridized carbons (Fsp3) is 0.333. The number of rotatable bonds is 5. The van der Waals surface area contributed by atoms with Gasteiger partial charge in [-0.05, 0) is 32.2 Å². The number of pyridine rings is 1. The summed E-state index contributed by atoms with van der Waals surface area (Å²) in [7, 11) is 0. The molecule has 0 saturated carbocycles. The molecule has 1 N–H and O–H groups in total. The topological polar surface area (TPSA) is 51.2 Å². The van der Waals surface area contributed by atoms with E-state index in [4.69, 9.17) is 4.74 Å². The molecule has 0 aliphatic carbocycles. The monoisotopic (exact) mass is 290 g/mol. The van der Waals surface area contributed by atoms with Gasteiger partial charge in [0.25, 0.3) is 5.91 Å². The van der Waals surface area contributed by atoms with E-state index in [-0.39, 0.29) is 18.6 Å². The van der Waals surface area contributed by atoms with Gasteiger partial charge in [0.05, 0.1) is 6.04 Å². The van der Waals surface area contributed by atoms with Crippen LogP contribution in [0.15, 0.2) is 29.6 Å². The zero-order chi connectivity index (χ0) is 14.5. The average Bonchev–Trinajstić information content (AvgIpc) is 2.89. The van der Waals surface area contributed by atoms with Crippen LogP contribution >= 0.6 is 11.3 Å². The van der Waals surface area contributed by atoms with E-state index in [1.807, 2.05) is 50.4 Å². The molecule has 0 saturated heterocycles. The van der Waals surface area contributed by atoms with E-state index in [1.54, 1.807) is 11.3 Å². The predicted molar refractivity (Wildman–Crippen MR) is 80.1 cm³/mol. The van der Waals surface area contributed by atoms with Gasteiger partial charge in [-0.3, -0.25) is 9.78 Å². The lowest BCUT2D eigenvalue weighted by Crippen LogP contribution is -2.30. The molecular weight excluding hydrogens is 272 g/mol. The highest BCUT2D eigenvalue weighted by Gasteiger charge is 2.11. The van der Waals surface area contributed by atoms with Crippen LogP contribution in [0.3, 0.4) is 0 Å². The SMILES string of the molecule is Cc1cc(OCC(=O)NC(C)c2cccs2)cc(C)n1. The summed E-state index contributed by atoms with van der Waals surface area (Å²) >= 11 is 1.63. The molecule has 1 atom stereocenters. The first kappa shape index (κ1) is 14.5. The molecular formula is C15H18N2O2S. The number of amides is 1. The number of nitrogens with one attached hydrogen (secondary N) is 1. The number of aromatic nitrogens is 1. The van der Waals surface area contributed by atoms with Crippen molar-refractivity contribution in [3.05, 3.63) is 45.9 Å². The van der Waals surface area contributed by atoms with E-state index in [0.717, 1.165) is 16.3 Å². The molecule has 4 nitrogen and oxygen atoms in total. The largest absolute Gasteiger partial charge is 0.484 e. The Hall–Kier alpha value is -1.88. The normalized spacial score (nSPS) is 11.9. The van der Waals surface area contributed by atoms with Crippen molar-refractivity contribution in [1.29, 1.82) is 0 Å². The lowest BCUT2D eigenvalue weighted by atomic mass is 10.3. The van der Waals surface area contributed by atoms with Crippen molar-refractivity contribution in [2.75, 3.05) is 6.61 Å². The maximum Gasteiger partial charge on any atom is 0.258 e. The van der Waals surface area contributed by atoms with Crippen molar-refractivity contribution in [3.63, 3.8) is 0 Å². The van der Waals surface area contributed by atoms with Gasteiger partial charge in [-0.25, -0.2) is 0 Å². The van der Waals surface area contributed by atoms with Gasteiger partial charge >= 0.3 is 0 Å². The first-order chi connectivity index (χ1) is 9.54. The minimum Gasteiger partial charge on any atom is -0.484 e. The summed E-state index contributed by atoms with van der Waals surface area (Å²) in [5.74, 6) is 0.548. The molecule has 1 amide bonds. The van der Waals surface area contributed by atoms with Crippen LogP contribution in [-0.4, -0.2) is 17.5 Å². The van der Waals surface area contributed by atoms with Gasteiger partial charge in [-0.1, -0.05) is 6.07 Å². The summed E-state index contributed by atoms with van der Waals surface area (Å²) in [5.41, 5.74) is 1.76. The third-order valence-corrected chi connectivity index (χ3v) is 3.83. The van der Waals surface area contributed by atoms with Crippen LogP contribution in [0.25, 0.3) is 0 Å². The molecule has 2 aromatic rings. The van der Waals surface area contributed by atoms with Gasteiger partial charge < -0.3 is 10.1 Å². The first-order valence-electron chi connectivity index (χ1n) is 6.45. The minimum absolute atomic E-state index is 0.00649. The third-order valence-electron chi connectivity index (χ3n) is 2.77. The summed E-state index contributed by atoms with van der Waals surface area (Å²) in [4.78, 5) is 17.2. The number of thiophene rings is 1. The van der Waals surface area contributed by atoms with E-state index in [2.05, 4.69) is 10.3 Å². The second kappa shape index (κ2) is 6.52. The van der Waals surface area contributed by atoms with E-state index in [1.165, 1.54) is 0 Å². The highest BCUT2D eigenvalue weighted by molar-refractivity contribution is 7.10. The second-order valence-electron chi connectivity index (χ2n) is 4.68. The fourth-order valence-electron chi connectivity index (χ4n) is 1.92. The molecule has 0 aromatic carbocycles. The van der Waals surface area contributed by atoms with Crippen molar-refractivity contribution < 1.29 is 9.53 Å². The number of carbonyl (C=O) groups excluding carboxylic acids is 1. The molecule has 5 heteroatoms. The summed E-state index contributed by atoms with van der Waals surface area (Å²) in [6.07, 6.45) is 0. The third kappa shape index (κ3) is 4.06. The Labute approximate surface area is 122 Å². The van der Waals surface area contributed by atoms with E-state index < -0.39 is 0 Å². The maximum atomic E-state index is 11.8. The molecule has 0 fully saturated rings. The van der Waals surface area contributed by atoms with Crippen LogP contribution in [-0.2, 0) is 4.79 Å². The Morgan fingerprint density at radius 1 is 1.40 bits per heavy atom. The van der Waals surface area contributed by atoms with Crippen LogP contribution in [0, 0.1) is 13.8 Å². The fourth-order valence-corrected chi connectivity index (χ4v) is 2.65. The molecule has 106 valence electrons. The summed E-state index contributed by atoms with van der Waals surface area (Å²) in [6, 6.07) is 7.63. The number of carbonyl (C=O) groups is 1. The molecule has 0 bridgehead atoms. The second-order valence-corrected chi connectivity index (χ2v) is 5.66. The Morgan fingerprint density at radius 2 is 2.10 bits per heavy atom. The molecule has 0 aliphatic heterocycles. The van der Waals surface area contributed by atoms with Crippen molar-refractivity contribution >= 4 is 17.2 Å². The molecule has 2 heterocycles. The molecule has 1 unspecified atom stereocenters. The van der Waals surface area contributed by atoms with Gasteiger partial charge in [-0.2, -0.15) is 0 Å². The Bertz CT molecular complexity index is 561. The molecule has 20 heavy (non-hydrogen) atoms. The average molecular weight is 290 g/mol. The van der Waals surface area contributed by atoms with Gasteiger partial charge in [-0.15, -0.1) is 11.3 Å². The molecule has 2 rings (SSSR count). The first-order valence-corrected chi connectivity index (χ1v) is 7.33. The van der Waals surface area contributed by atoms with Gasteiger partial charge in [0, 0.05) is 28.4 Å². The highest BCUT2D eigenvalue weighted by atomic mass is 32.1. The maximum absolute atomic E-state index is 11.8. The summed E-state index contributed by atoms with van der Waals surface area (Å²) in [5, 5.41) is 4.91. The van der Waals surface area contributed by atoms with Crippen molar-refractivity contribution in [2.24, 2.45) is 0 Å². The van der Waals surface area contributed by atoms with Crippen LogP contribution in [0.1, 0.15) is 29.2 Å². The lowest BCUT2D eigenvalue weighted by molar-refractivity contribution is -0.123. The molecule has 0 spiro atoms. The van der Waals surface area contributed by atoms with E-state index in [9.17, 15) is 4.79 Å². The molecule has 0 radical (unpaired) electrons. The zero-order valence-corrected chi connectivity index (χ0v) is 12.7. The van der Waals surface area contributed by atoms with Crippen LogP contribution < -0.4 is 10.1 Å². The smallest absolute Gasteiger partial charge is 0.258 e. The van der Waals surface area contributed by atoms with Crippen LogP contribution in [0.4, 0.5) is 0 Å². The summed E-state index contributed by atoms with van der Waals surface area (Å²) in [6.45, 7) is 5.78. The molecule has 2 aromatic heterocycles. The lowest BCUT2D eigenvalue weighted by Gasteiger charge is -2.13. The van der Waals surface area contributed by atoms with Gasteiger partial charge in [0.15, 0.2) is 6.61 Å². The molecule has 0 aliphatic rings. The minimum atomic E-state index is -0.127. The number of aryl methyl sites for hydroxylation is 2. The number of ether oxygens (including phenoxy) is 1. The van der Waals surface area contributed by atoms with Crippen molar-refractivity contribution in [2.45, 2.75) is 26.8 Å². The predicted octanol–water partition coefficient (Wildman–Crippen LogP) is 3.02. The van der Waals surface area contributed by atoms with Crippen LogP contribution in [0.2, 0.25) is 0 Å². The van der Waals surface area contributed by atoms with Gasteiger partial charge in [0.2, 0.25) is 0 Å². The van der Waals surface area contributed by atoms with Crippen molar-refractivity contribution in [1.82, 2.24) is 10.3 Å². The van der Waals surface area contributed by atoms with E-state index >= 15 is 0 Å².